The highest BCUT2D eigenvalue weighted by Gasteiger charge is 2.24. The number of nitrogens with zero attached hydrogens (tertiary/aromatic N) is 1. The minimum absolute atomic E-state index is 0.449. The van der Waals surface area contributed by atoms with Crippen molar-refractivity contribution in [1.29, 1.82) is 0 Å². The van der Waals surface area contributed by atoms with Crippen molar-refractivity contribution in [2.45, 2.75) is 4.90 Å². The van der Waals surface area contributed by atoms with E-state index in [0.717, 1.165) is 16.4 Å². The maximum atomic E-state index is 12.9. The summed E-state index contributed by atoms with van der Waals surface area (Å²) in [5.41, 5.74) is -0.449. The number of benzene rings is 1. The van der Waals surface area contributed by atoms with Crippen molar-refractivity contribution in [2.75, 3.05) is 14.1 Å². The van der Waals surface area contributed by atoms with Gasteiger partial charge in [0.2, 0.25) is 10.0 Å². The van der Waals surface area contributed by atoms with Crippen LogP contribution >= 0.6 is 0 Å². The van der Waals surface area contributed by atoms with Gasteiger partial charge < -0.3 is 5.11 Å². The Balaban J connectivity index is 3.54. The van der Waals surface area contributed by atoms with Crippen molar-refractivity contribution in [2.24, 2.45) is 0 Å². The van der Waals surface area contributed by atoms with Crippen LogP contribution in [0.4, 0.5) is 4.39 Å². The molecule has 0 saturated carbocycles. The zero-order chi connectivity index (χ0) is 12.5. The van der Waals surface area contributed by atoms with Crippen molar-refractivity contribution < 1.29 is 22.7 Å². The minimum Gasteiger partial charge on any atom is -0.478 e. The Labute approximate surface area is 92.2 Å². The maximum absolute atomic E-state index is 12.9. The fourth-order valence-electron chi connectivity index (χ4n) is 1.08. The average Bonchev–Trinajstić information content (AvgIpc) is 2.16. The lowest BCUT2D eigenvalue weighted by atomic mass is 10.2. The Bertz CT molecular complexity index is 524. The second kappa shape index (κ2) is 4.18. The molecule has 16 heavy (non-hydrogen) atoms. The third-order valence-corrected chi connectivity index (χ3v) is 3.79. The van der Waals surface area contributed by atoms with Crippen LogP contribution in [0.5, 0.6) is 0 Å². The Morgan fingerprint density at radius 2 is 1.94 bits per heavy atom. The smallest absolute Gasteiger partial charge is 0.337 e. The van der Waals surface area contributed by atoms with Gasteiger partial charge in [0.25, 0.3) is 0 Å². The largest absolute Gasteiger partial charge is 0.478 e. The summed E-state index contributed by atoms with van der Waals surface area (Å²) in [6.07, 6.45) is 0. The van der Waals surface area contributed by atoms with Gasteiger partial charge in [0, 0.05) is 14.1 Å². The highest BCUT2D eigenvalue weighted by Crippen LogP contribution is 2.19. The molecule has 1 N–H and O–H groups in total. The molecule has 88 valence electrons. The lowest BCUT2D eigenvalue weighted by Crippen LogP contribution is -2.24. The number of halogens is 1. The number of hydrogen-bond donors (Lipinski definition) is 1. The predicted molar refractivity (Wildman–Crippen MR) is 54.2 cm³/mol. The molecule has 0 atom stereocenters. The molecule has 0 unspecified atom stereocenters. The molecule has 0 saturated heterocycles. The summed E-state index contributed by atoms with van der Waals surface area (Å²) < 4.78 is 37.2. The third-order valence-electron chi connectivity index (χ3n) is 1.93. The topological polar surface area (TPSA) is 74.7 Å². The SMILES string of the molecule is CN(C)S(=O)(=O)c1cc(F)ccc1C(=O)O. The molecule has 1 rings (SSSR count). The number of carboxylic acid groups (broad SMARTS) is 1. The zero-order valence-corrected chi connectivity index (χ0v) is 9.45. The van der Waals surface area contributed by atoms with E-state index in [-0.39, 0.29) is 0 Å². The predicted octanol–water partition coefficient (Wildman–Crippen LogP) is 0.774. The van der Waals surface area contributed by atoms with Gasteiger partial charge in [-0.25, -0.2) is 21.9 Å². The van der Waals surface area contributed by atoms with Crippen LogP contribution in [0.25, 0.3) is 0 Å². The Hall–Kier alpha value is -1.47. The van der Waals surface area contributed by atoms with E-state index in [2.05, 4.69) is 0 Å². The lowest BCUT2D eigenvalue weighted by Gasteiger charge is -2.13. The molecule has 0 amide bonds. The van der Waals surface area contributed by atoms with Crippen molar-refractivity contribution in [3.8, 4) is 0 Å². The van der Waals surface area contributed by atoms with Crippen LogP contribution in [-0.4, -0.2) is 37.9 Å². The summed E-state index contributed by atoms with van der Waals surface area (Å²) >= 11 is 0. The van der Waals surface area contributed by atoms with E-state index in [0.29, 0.717) is 6.07 Å². The van der Waals surface area contributed by atoms with E-state index in [1.807, 2.05) is 0 Å². The van der Waals surface area contributed by atoms with Crippen LogP contribution in [0, 0.1) is 5.82 Å². The first kappa shape index (κ1) is 12.6. The average molecular weight is 247 g/mol. The second-order valence-electron chi connectivity index (χ2n) is 3.23. The Morgan fingerprint density at radius 3 is 2.38 bits per heavy atom. The molecule has 0 aliphatic heterocycles. The number of sulfonamides is 1. The maximum Gasteiger partial charge on any atom is 0.337 e. The van der Waals surface area contributed by atoms with E-state index >= 15 is 0 Å². The van der Waals surface area contributed by atoms with Gasteiger partial charge in [0.1, 0.15) is 5.82 Å². The van der Waals surface area contributed by atoms with Crippen LogP contribution < -0.4 is 0 Å². The van der Waals surface area contributed by atoms with Crippen molar-refractivity contribution in [3.63, 3.8) is 0 Å². The molecule has 1 aromatic carbocycles. The van der Waals surface area contributed by atoms with E-state index in [1.54, 1.807) is 0 Å². The molecule has 0 bridgehead atoms. The van der Waals surface area contributed by atoms with Crippen LogP contribution in [0.15, 0.2) is 23.1 Å². The second-order valence-corrected chi connectivity index (χ2v) is 5.35. The fourth-order valence-corrected chi connectivity index (χ4v) is 2.17. The number of aromatic carboxylic acids is 1. The first-order valence-electron chi connectivity index (χ1n) is 4.22. The monoisotopic (exact) mass is 247 g/mol. The van der Waals surface area contributed by atoms with Crippen molar-refractivity contribution >= 4 is 16.0 Å². The number of carbonyl (C=O) groups is 1. The first-order chi connectivity index (χ1) is 7.26. The van der Waals surface area contributed by atoms with Crippen molar-refractivity contribution in [3.05, 3.63) is 29.6 Å². The zero-order valence-electron chi connectivity index (χ0n) is 8.64. The van der Waals surface area contributed by atoms with Crippen LogP contribution in [0.2, 0.25) is 0 Å². The van der Waals surface area contributed by atoms with Crippen LogP contribution in [0.3, 0.4) is 0 Å². The molecule has 0 aliphatic rings. The first-order valence-corrected chi connectivity index (χ1v) is 5.66. The molecule has 0 radical (unpaired) electrons. The summed E-state index contributed by atoms with van der Waals surface area (Å²) in [5, 5.41) is 8.80. The van der Waals surface area contributed by atoms with E-state index < -0.39 is 32.3 Å². The molecule has 1 aromatic rings. The van der Waals surface area contributed by atoms with E-state index in [4.69, 9.17) is 5.11 Å². The van der Waals surface area contributed by atoms with Gasteiger partial charge in [-0.2, -0.15) is 0 Å². The van der Waals surface area contributed by atoms with Gasteiger partial charge in [-0.3, -0.25) is 0 Å². The molecule has 0 fully saturated rings. The molecule has 0 aliphatic carbocycles. The minimum atomic E-state index is -3.96. The van der Waals surface area contributed by atoms with Crippen LogP contribution in [0.1, 0.15) is 10.4 Å². The third kappa shape index (κ3) is 2.20. The number of rotatable bonds is 3. The lowest BCUT2D eigenvalue weighted by molar-refractivity contribution is 0.0692. The standard InChI is InChI=1S/C9H10FNO4S/c1-11(2)16(14,15)8-5-6(10)3-4-7(8)9(12)13/h3-5H,1-2H3,(H,12,13). The van der Waals surface area contributed by atoms with Gasteiger partial charge in [-0.05, 0) is 18.2 Å². The summed E-state index contributed by atoms with van der Waals surface area (Å²) in [7, 11) is -1.48. The van der Waals surface area contributed by atoms with Gasteiger partial charge in [-0.1, -0.05) is 0 Å². The highest BCUT2D eigenvalue weighted by atomic mass is 32.2. The molecular formula is C9H10FNO4S. The molecule has 0 aromatic heterocycles. The molecular weight excluding hydrogens is 237 g/mol. The highest BCUT2D eigenvalue weighted by molar-refractivity contribution is 7.89. The summed E-state index contributed by atoms with van der Waals surface area (Å²) in [6.45, 7) is 0. The summed E-state index contributed by atoms with van der Waals surface area (Å²) in [5.74, 6) is -2.22. The van der Waals surface area contributed by atoms with Gasteiger partial charge in [0.05, 0.1) is 10.5 Å². The molecule has 0 spiro atoms. The van der Waals surface area contributed by atoms with Gasteiger partial charge in [-0.15, -0.1) is 0 Å². The van der Waals surface area contributed by atoms with Gasteiger partial charge in [0.15, 0.2) is 0 Å². The molecule has 5 nitrogen and oxygen atoms in total. The number of carboxylic acids is 1. The Kier molecular flexibility index (Phi) is 3.30. The normalized spacial score (nSPS) is 11.8. The summed E-state index contributed by atoms with van der Waals surface area (Å²) in [6, 6.07) is 2.52. The fraction of sp³-hybridized carbons (Fsp3) is 0.222. The molecule has 0 heterocycles. The number of hydrogen-bond acceptors (Lipinski definition) is 3. The molecule has 7 heteroatoms. The quantitative estimate of drug-likeness (QED) is 0.856. The van der Waals surface area contributed by atoms with Crippen LogP contribution in [-0.2, 0) is 10.0 Å². The van der Waals surface area contributed by atoms with Gasteiger partial charge >= 0.3 is 5.97 Å². The van der Waals surface area contributed by atoms with Crippen molar-refractivity contribution in [1.82, 2.24) is 4.31 Å². The van der Waals surface area contributed by atoms with E-state index in [9.17, 15) is 17.6 Å². The summed E-state index contributed by atoms with van der Waals surface area (Å²) in [4.78, 5) is 10.2. The van der Waals surface area contributed by atoms with E-state index in [1.165, 1.54) is 14.1 Å². The Morgan fingerprint density at radius 1 is 1.38 bits per heavy atom.